The smallest absolute Gasteiger partial charge is 0.161 e. The van der Waals surface area contributed by atoms with Gasteiger partial charge in [-0.3, -0.25) is 4.68 Å². The molecule has 3 heterocycles. The summed E-state index contributed by atoms with van der Waals surface area (Å²) in [7, 11) is 1.86. The average molecular weight is 424 g/mol. The van der Waals surface area contributed by atoms with Crippen molar-refractivity contribution in [2.75, 3.05) is 18.0 Å². The number of pyridine rings is 2. The molecule has 0 saturated heterocycles. The van der Waals surface area contributed by atoms with Crippen LogP contribution in [-0.2, 0) is 7.05 Å². The van der Waals surface area contributed by atoms with Gasteiger partial charge in [-0.05, 0) is 30.5 Å². The van der Waals surface area contributed by atoms with Crippen molar-refractivity contribution in [1.82, 2.24) is 19.7 Å². The molecule has 0 aliphatic heterocycles. The van der Waals surface area contributed by atoms with Crippen molar-refractivity contribution in [1.29, 1.82) is 0 Å². The molecule has 0 saturated carbocycles. The van der Waals surface area contributed by atoms with E-state index in [-0.39, 0.29) is 5.75 Å². The van der Waals surface area contributed by atoms with Gasteiger partial charge in [0.05, 0.1) is 28.1 Å². The van der Waals surface area contributed by atoms with Crippen LogP contribution in [-0.4, -0.2) is 37.9 Å². The summed E-state index contributed by atoms with van der Waals surface area (Å²) < 4.78 is 1.73. The molecule has 0 spiro atoms. The van der Waals surface area contributed by atoms with Gasteiger partial charge in [0, 0.05) is 48.7 Å². The van der Waals surface area contributed by atoms with Gasteiger partial charge in [0.2, 0.25) is 0 Å². The first-order valence-electron chi connectivity index (χ1n) is 10.2. The van der Waals surface area contributed by atoms with Crippen molar-refractivity contribution < 1.29 is 5.11 Å². The number of anilines is 1. The highest BCUT2D eigenvalue weighted by Crippen LogP contribution is 2.36. The highest BCUT2D eigenvalue weighted by atomic mass is 35.5. The third kappa shape index (κ3) is 3.79. The first-order valence-corrected chi connectivity index (χ1v) is 10.6. The van der Waals surface area contributed by atoms with Gasteiger partial charge < -0.3 is 10.0 Å². The molecule has 4 rings (SSSR count). The summed E-state index contributed by atoms with van der Waals surface area (Å²) >= 11 is 6.78. The van der Waals surface area contributed by atoms with Gasteiger partial charge in [-0.1, -0.05) is 32.4 Å². The Kier molecular flexibility index (Phi) is 5.52. The second kappa shape index (κ2) is 8.11. The number of nitrogens with zero attached hydrogens (tertiary/aromatic N) is 5. The number of halogens is 1. The standard InChI is InChI=1S/C23H26ClN5O/c1-5-8-29(12-14(2)3)20-11-25-23-16(22(20)24)6-7-18(26-23)17-9-15-13-28(4)27-19(15)10-21(17)30/h6-7,9-11,13-14,30H,5,8,12H2,1-4H3. The maximum absolute atomic E-state index is 10.5. The molecule has 3 aromatic heterocycles. The van der Waals surface area contributed by atoms with E-state index in [1.54, 1.807) is 10.7 Å². The minimum atomic E-state index is 0.141. The predicted molar refractivity (Wildman–Crippen MR) is 123 cm³/mol. The molecule has 1 aromatic carbocycles. The SMILES string of the molecule is CCCN(CC(C)C)c1cnc2nc(-c3cc4cn(C)nc4cc3O)ccc2c1Cl. The summed E-state index contributed by atoms with van der Waals surface area (Å²) in [4.78, 5) is 11.6. The molecule has 4 aromatic rings. The van der Waals surface area contributed by atoms with E-state index in [1.165, 1.54) is 0 Å². The molecule has 0 aliphatic rings. The van der Waals surface area contributed by atoms with E-state index in [1.807, 2.05) is 37.6 Å². The Morgan fingerprint density at radius 2 is 2.03 bits per heavy atom. The number of rotatable bonds is 6. The zero-order chi connectivity index (χ0) is 21.4. The fraction of sp³-hybridized carbons (Fsp3) is 0.348. The predicted octanol–water partition coefficient (Wildman–Crippen LogP) is 5.41. The van der Waals surface area contributed by atoms with Crippen LogP contribution in [0.3, 0.4) is 0 Å². The van der Waals surface area contributed by atoms with Crippen molar-refractivity contribution in [2.45, 2.75) is 27.2 Å². The van der Waals surface area contributed by atoms with Crippen LogP contribution < -0.4 is 4.90 Å². The van der Waals surface area contributed by atoms with Gasteiger partial charge in [-0.15, -0.1) is 0 Å². The summed E-state index contributed by atoms with van der Waals surface area (Å²) in [5.41, 5.74) is 3.54. The summed E-state index contributed by atoms with van der Waals surface area (Å²) in [6.07, 6.45) is 4.76. The molecule has 0 aliphatic carbocycles. The molecule has 0 radical (unpaired) electrons. The molecular weight excluding hydrogens is 398 g/mol. The fourth-order valence-corrected chi connectivity index (χ4v) is 4.13. The number of hydrogen-bond acceptors (Lipinski definition) is 5. The van der Waals surface area contributed by atoms with E-state index in [0.717, 1.165) is 41.5 Å². The van der Waals surface area contributed by atoms with Gasteiger partial charge in [0.25, 0.3) is 0 Å². The van der Waals surface area contributed by atoms with E-state index in [9.17, 15) is 5.11 Å². The summed E-state index contributed by atoms with van der Waals surface area (Å²) in [5.74, 6) is 0.663. The number of benzene rings is 1. The van der Waals surface area contributed by atoms with Crippen LogP contribution in [0.1, 0.15) is 27.2 Å². The van der Waals surface area contributed by atoms with Crippen molar-refractivity contribution in [3.63, 3.8) is 0 Å². The fourth-order valence-electron chi connectivity index (χ4n) is 3.82. The number of fused-ring (bicyclic) bond motifs is 2. The van der Waals surface area contributed by atoms with E-state index in [0.29, 0.717) is 27.8 Å². The molecule has 1 N–H and O–H groups in total. The lowest BCUT2D eigenvalue weighted by Crippen LogP contribution is -2.28. The molecule has 156 valence electrons. The first-order chi connectivity index (χ1) is 14.4. The van der Waals surface area contributed by atoms with E-state index in [2.05, 4.69) is 40.7 Å². The lowest BCUT2D eigenvalue weighted by atomic mass is 10.1. The third-order valence-corrected chi connectivity index (χ3v) is 5.47. The number of aromatic hydroxyl groups is 1. The Morgan fingerprint density at radius 1 is 1.23 bits per heavy atom. The molecular formula is C23H26ClN5O. The van der Waals surface area contributed by atoms with Gasteiger partial charge >= 0.3 is 0 Å². The summed E-state index contributed by atoms with van der Waals surface area (Å²) in [5, 5.41) is 17.3. The topological polar surface area (TPSA) is 67.1 Å². The lowest BCUT2D eigenvalue weighted by Gasteiger charge is -2.27. The van der Waals surface area contributed by atoms with Gasteiger partial charge in [0.15, 0.2) is 5.65 Å². The largest absolute Gasteiger partial charge is 0.507 e. The molecule has 7 heteroatoms. The number of phenolic OH excluding ortho intramolecular Hbond substituents is 1. The zero-order valence-corrected chi connectivity index (χ0v) is 18.5. The quantitative estimate of drug-likeness (QED) is 0.448. The van der Waals surface area contributed by atoms with Gasteiger partial charge in [-0.25, -0.2) is 9.97 Å². The summed E-state index contributed by atoms with van der Waals surface area (Å²) in [6.45, 7) is 8.41. The minimum absolute atomic E-state index is 0.141. The molecule has 30 heavy (non-hydrogen) atoms. The van der Waals surface area contributed by atoms with E-state index >= 15 is 0 Å². The molecule has 0 fully saturated rings. The molecule has 0 atom stereocenters. The van der Waals surface area contributed by atoms with E-state index in [4.69, 9.17) is 11.6 Å². The number of hydrogen-bond donors (Lipinski definition) is 1. The normalized spacial score (nSPS) is 11.7. The zero-order valence-electron chi connectivity index (χ0n) is 17.7. The Morgan fingerprint density at radius 3 is 2.77 bits per heavy atom. The monoisotopic (exact) mass is 423 g/mol. The lowest BCUT2D eigenvalue weighted by molar-refractivity contribution is 0.478. The maximum atomic E-state index is 10.5. The third-order valence-electron chi connectivity index (χ3n) is 5.08. The van der Waals surface area contributed by atoms with Crippen LogP contribution in [0.25, 0.3) is 33.2 Å². The van der Waals surface area contributed by atoms with Crippen LogP contribution in [0, 0.1) is 5.92 Å². The van der Waals surface area contributed by atoms with Crippen LogP contribution in [0.5, 0.6) is 5.75 Å². The van der Waals surface area contributed by atoms with Crippen molar-refractivity contribution in [2.24, 2.45) is 13.0 Å². The Labute approximate surface area is 181 Å². The average Bonchev–Trinajstić information content (AvgIpc) is 3.05. The molecule has 6 nitrogen and oxygen atoms in total. The number of aromatic nitrogens is 4. The number of aryl methyl sites for hydroxylation is 1. The van der Waals surface area contributed by atoms with Gasteiger partial charge in [-0.2, -0.15) is 5.10 Å². The van der Waals surface area contributed by atoms with Crippen LogP contribution in [0.4, 0.5) is 5.69 Å². The first kappa shape index (κ1) is 20.4. The second-order valence-electron chi connectivity index (χ2n) is 8.10. The summed E-state index contributed by atoms with van der Waals surface area (Å²) in [6, 6.07) is 7.37. The molecule has 0 bridgehead atoms. The van der Waals surface area contributed by atoms with Crippen LogP contribution in [0.15, 0.2) is 36.7 Å². The molecule has 0 unspecified atom stereocenters. The number of phenols is 1. The van der Waals surface area contributed by atoms with Crippen molar-refractivity contribution in [3.8, 4) is 17.0 Å². The minimum Gasteiger partial charge on any atom is -0.507 e. The highest BCUT2D eigenvalue weighted by Gasteiger charge is 2.17. The van der Waals surface area contributed by atoms with Crippen LogP contribution >= 0.6 is 11.6 Å². The van der Waals surface area contributed by atoms with Gasteiger partial charge in [0.1, 0.15) is 5.75 Å². The maximum Gasteiger partial charge on any atom is 0.161 e. The van der Waals surface area contributed by atoms with Crippen LogP contribution in [0.2, 0.25) is 5.02 Å². The Hall–Kier alpha value is -2.86. The highest BCUT2D eigenvalue weighted by molar-refractivity contribution is 6.37. The molecule has 0 amide bonds. The Bertz CT molecular complexity index is 1220. The Balaban J connectivity index is 1.78. The van der Waals surface area contributed by atoms with Crippen molar-refractivity contribution >= 4 is 39.2 Å². The second-order valence-corrected chi connectivity index (χ2v) is 8.47. The van der Waals surface area contributed by atoms with E-state index < -0.39 is 0 Å². The van der Waals surface area contributed by atoms with Crippen molar-refractivity contribution in [3.05, 3.63) is 41.7 Å².